The standard InChI is InChI=1S/C15H36N6/c1-2-8-15(20,21)13(18)7-3-6-12(17)14(19)9-4-5-11(16)10-14/h11-13H,2-10,16-21H2,1H3. The van der Waals surface area contributed by atoms with Crippen LogP contribution in [0.5, 0.6) is 0 Å². The quantitative estimate of drug-likeness (QED) is 0.341. The molecule has 0 bridgehead atoms. The predicted octanol–water partition coefficient (Wildman–Crippen LogP) is -0.176. The van der Waals surface area contributed by atoms with E-state index in [1.54, 1.807) is 0 Å². The summed E-state index contributed by atoms with van der Waals surface area (Å²) in [6.45, 7) is 2.06. The highest BCUT2D eigenvalue weighted by Gasteiger charge is 2.36. The average molecular weight is 300 g/mol. The number of hydrogen-bond donors (Lipinski definition) is 6. The van der Waals surface area contributed by atoms with E-state index in [0.29, 0.717) is 0 Å². The zero-order valence-electron chi connectivity index (χ0n) is 13.6. The minimum Gasteiger partial charge on any atom is -0.328 e. The minimum atomic E-state index is -0.785. The molecule has 4 unspecified atom stereocenters. The highest BCUT2D eigenvalue weighted by atomic mass is 15.0. The number of hydrogen-bond acceptors (Lipinski definition) is 6. The fraction of sp³-hybridized carbons (Fsp3) is 1.00. The molecule has 4 atom stereocenters. The Morgan fingerprint density at radius 3 is 2.48 bits per heavy atom. The Hall–Kier alpha value is -0.240. The second-order valence-electron chi connectivity index (χ2n) is 7.10. The third kappa shape index (κ3) is 5.47. The molecule has 0 aliphatic heterocycles. The van der Waals surface area contributed by atoms with Gasteiger partial charge in [-0.2, -0.15) is 0 Å². The lowest BCUT2D eigenvalue weighted by Gasteiger charge is -2.41. The van der Waals surface area contributed by atoms with Crippen LogP contribution in [-0.4, -0.2) is 29.3 Å². The summed E-state index contributed by atoms with van der Waals surface area (Å²) in [4.78, 5) is 0. The van der Waals surface area contributed by atoms with Crippen LogP contribution in [0.1, 0.15) is 64.7 Å². The Balaban J connectivity index is 2.37. The molecule has 0 aromatic heterocycles. The smallest absolute Gasteiger partial charge is 0.0792 e. The third-order valence-electron chi connectivity index (χ3n) is 5.00. The van der Waals surface area contributed by atoms with Gasteiger partial charge in [-0.15, -0.1) is 0 Å². The summed E-state index contributed by atoms with van der Waals surface area (Å²) >= 11 is 0. The zero-order chi connectivity index (χ0) is 16.1. The van der Waals surface area contributed by atoms with Crippen LogP contribution in [0.3, 0.4) is 0 Å². The summed E-state index contributed by atoms with van der Waals surface area (Å²) in [5.41, 5.74) is 35.9. The van der Waals surface area contributed by atoms with Gasteiger partial charge in [0.1, 0.15) is 0 Å². The van der Waals surface area contributed by atoms with Crippen LogP contribution in [-0.2, 0) is 0 Å². The van der Waals surface area contributed by atoms with Gasteiger partial charge in [0, 0.05) is 23.7 Å². The van der Waals surface area contributed by atoms with Crippen molar-refractivity contribution in [3.05, 3.63) is 0 Å². The normalized spacial score (nSPS) is 30.1. The second-order valence-corrected chi connectivity index (χ2v) is 7.10. The highest BCUT2D eigenvalue weighted by Crippen LogP contribution is 2.29. The molecule has 0 aromatic carbocycles. The second kappa shape index (κ2) is 7.85. The largest absolute Gasteiger partial charge is 0.328 e. The maximum absolute atomic E-state index is 6.46. The summed E-state index contributed by atoms with van der Waals surface area (Å²) < 4.78 is 0. The van der Waals surface area contributed by atoms with Crippen LogP contribution in [0.15, 0.2) is 0 Å². The van der Waals surface area contributed by atoms with Crippen LogP contribution in [0.4, 0.5) is 0 Å². The molecule has 12 N–H and O–H groups in total. The van der Waals surface area contributed by atoms with Crippen LogP contribution < -0.4 is 34.4 Å². The van der Waals surface area contributed by atoms with E-state index in [1.165, 1.54) is 0 Å². The SMILES string of the molecule is CCCC(N)(N)C(N)CCCC(N)C1(N)CCCC(N)C1. The van der Waals surface area contributed by atoms with Gasteiger partial charge in [-0.25, -0.2) is 0 Å². The first kappa shape index (κ1) is 18.8. The van der Waals surface area contributed by atoms with E-state index < -0.39 is 5.66 Å². The lowest BCUT2D eigenvalue weighted by molar-refractivity contribution is 0.214. The molecule has 1 fully saturated rings. The summed E-state index contributed by atoms with van der Waals surface area (Å²) in [5.74, 6) is 0. The van der Waals surface area contributed by atoms with E-state index in [-0.39, 0.29) is 23.7 Å². The van der Waals surface area contributed by atoms with Crippen molar-refractivity contribution >= 4 is 0 Å². The molecule has 0 radical (unpaired) electrons. The number of rotatable bonds is 8. The Labute approximate surface area is 129 Å². The van der Waals surface area contributed by atoms with E-state index in [1.807, 2.05) is 0 Å². The van der Waals surface area contributed by atoms with Crippen molar-refractivity contribution in [2.75, 3.05) is 0 Å². The van der Waals surface area contributed by atoms with Gasteiger partial charge in [-0.3, -0.25) is 0 Å². The Bertz CT molecular complexity index is 309. The summed E-state index contributed by atoms with van der Waals surface area (Å²) in [6.07, 6.45) is 8.08. The van der Waals surface area contributed by atoms with Crippen molar-refractivity contribution in [3.63, 3.8) is 0 Å². The monoisotopic (exact) mass is 300 g/mol. The Morgan fingerprint density at radius 2 is 1.90 bits per heavy atom. The van der Waals surface area contributed by atoms with Gasteiger partial charge in [0.05, 0.1) is 5.66 Å². The molecule has 6 nitrogen and oxygen atoms in total. The maximum atomic E-state index is 6.46. The molecule has 6 heteroatoms. The molecular weight excluding hydrogens is 264 g/mol. The van der Waals surface area contributed by atoms with Crippen molar-refractivity contribution < 1.29 is 0 Å². The minimum absolute atomic E-state index is 0.0350. The van der Waals surface area contributed by atoms with Gasteiger partial charge in [-0.1, -0.05) is 26.2 Å². The van der Waals surface area contributed by atoms with E-state index >= 15 is 0 Å². The Morgan fingerprint density at radius 1 is 1.24 bits per heavy atom. The first-order chi connectivity index (χ1) is 9.71. The molecule has 0 spiro atoms. The van der Waals surface area contributed by atoms with E-state index in [9.17, 15) is 0 Å². The van der Waals surface area contributed by atoms with Crippen LogP contribution >= 0.6 is 0 Å². The molecule has 1 aliphatic carbocycles. The van der Waals surface area contributed by atoms with Gasteiger partial charge < -0.3 is 34.4 Å². The lowest BCUT2D eigenvalue weighted by Crippen LogP contribution is -2.62. The van der Waals surface area contributed by atoms with Crippen LogP contribution in [0.25, 0.3) is 0 Å². The fourth-order valence-electron chi connectivity index (χ4n) is 3.45. The molecular formula is C15H36N6. The van der Waals surface area contributed by atoms with Crippen molar-refractivity contribution in [3.8, 4) is 0 Å². The first-order valence-electron chi connectivity index (χ1n) is 8.34. The predicted molar refractivity (Wildman–Crippen MR) is 89.2 cm³/mol. The van der Waals surface area contributed by atoms with Gasteiger partial charge >= 0.3 is 0 Å². The third-order valence-corrected chi connectivity index (χ3v) is 5.00. The van der Waals surface area contributed by atoms with Crippen molar-refractivity contribution in [2.24, 2.45) is 34.4 Å². The van der Waals surface area contributed by atoms with E-state index in [0.717, 1.165) is 57.8 Å². The molecule has 0 saturated heterocycles. The first-order valence-corrected chi connectivity index (χ1v) is 8.34. The average Bonchev–Trinajstić information content (AvgIpc) is 2.38. The highest BCUT2D eigenvalue weighted by molar-refractivity contribution is 5.00. The van der Waals surface area contributed by atoms with Crippen molar-refractivity contribution in [1.82, 2.24) is 0 Å². The topological polar surface area (TPSA) is 156 Å². The summed E-state index contributed by atoms with van der Waals surface area (Å²) in [6, 6.07) is -0.0542. The van der Waals surface area contributed by atoms with Gasteiger partial charge in [0.2, 0.25) is 0 Å². The van der Waals surface area contributed by atoms with Gasteiger partial charge in [0.15, 0.2) is 0 Å². The molecule has 0 aromatic rings. The van der Waals surface area contributed by atoms with Crippen LogP contribution in [0, 0.1) is 0 Å². The maximum Gasteiger partial charge on any atom is 0.0792 e. The molecule has 1 aliphatic rings. The van der Waals surface area contributed by atoms with Crippen molar-refractivity contribution in [2.45, 2.75) is 94.0 Å². The molecule has 21 heavy (non-hydrogen) atoms. The van der Waals surface area contributed by atoms with E-state index in [4.69, 9.17) is 34.4 Å². The fourth-order valence-corrected chi connectivity index (χ4v) is 3.45. The molecule has 1 saturated carbocycles. The lowest BCUT2D eigenvalue weighted by atomic mass is 9.74. The number of nitrogens with two attached hydrogens (primary N) is 6. The van der Waals surface area contributed by atoms with Gasteiger partial charge in [0.25, 0.3) is 0 Å². The van der Waals surface area contributed by atoms with Crippen LogP contribution in [0.2, 0.25) is 0 Å². The molecule has 0 amide bonds. The Kier molecular flexibility index (Phi) is 7.03. The van der Waals surface area contributed by atoms with Crippen molar-refractivity contribution in [1.29, 1.82) is 0 Å². The zero-order valence-corrected chi connectivity index (χ0v) is 13.6. The summed E-state index contributed by atoms with van der Waals surface area (Å²) in [5, 5.41) is 0. The summed E-state index contributed by atoms with van der Waals surface area (Å²) in [7, 11) is 0. The van der Waals surface area contributed by atoms with E-state index in [2.05, 4.69) is 6.92 Å². The molecule has 0 heterocycles. The van der Waals surface area contributed by atoms with Gasteiger partial charge in [-0.05, 0) is 38.5 Å². The molecule has 126 valence electrons. The molecule has 1 rings (SSSR count).